The summed E-state index contributed by atoms with van der Waals surface area (Å²) in [6.45, 7) is 3.01. The van der Waals surface area contributed by atoms with E-state index in [9.17, 15) is 4.79 Å². The first kappa shape index (κ1) is 13.3. The summed E-state index contributed by atoms with van der Waals surface area (Å²) in [4.78, 5) is 11.6. The van der Waals surface area contributed by atoms with Crippen molar-refractivity contribution in [3.05, 3.63) is 40.7 Å². The molecule has 1 aromatic carbocycles. The minimum atomic E-state index is -0.679. The average molecular weight is 241 g/mol. The van der Waals surface area contributed by atoms with E-state index in [1.165, 1.54) is 6.92 Å². The van der Waals surface area contributed by atoms with E-state index in [4.69, 9.17) is 15.6 Å². The summed E-state index contributed by atoms with van der Waals surface area (Å²) in [6.07, 6.45) is 0. The van der Waals surface area contributed by atoms with Crippen LogP contribution in [0.3, 0.4) is 0 Å². The van der Waals surface area contributed by atoms with E-state index in [1.807, 2.05) is 6.07 Å². The predicted molar refractivity (Wildman–Crippen MR) is 65.5 cm³/mol. The van der Waals surface area contributed by atoms with Crippen LogP contribution in [0.25, 0.3) is 0 Å². The number of nitriles is 2. The molecule has 0 aromatic heterocycles. The quantitative estimate of drug-likeness (QED) is 0.471. The second kappa shape index (κ2) is 5.51. The van der Waals surface area contributed by atoms with Crippen LogP contribution in [-0.2, 0) is 4.79 Å². The number of hydrogen-bond acceptors (Lipinski definition) is 4. The maximum atomic E-state index is 11.6. The number of aliphatic hydroxyl groups excluding tert-OH is 1. The average Bonchev–Trinajstić information content (AvgIpc) is 2.29. The molecule has 0 aliphatic heterocycles. The van der Waals surface area contributed by atoms with E-state index in [-0.39, 0.29) is 11.3 Å². The fourth-order valence-electron chi connectivity index (χ4n) is 1.36. The van der Waals surface area contributed by atoms with Gasteiger partial charge in [-0.2, -0.15) is 10.5 Å². The zero-order valence-electron chi connectivity index (χ0n) is 9.98. The van der Waals surface area contributed by atoms with Gasteiger partial charge >= 0.3 is 0 Å². The Hall–Kier alpha value is -2.79. The molecule has 2 N–H and O–H groups in total. The molecule has 1 rings (SSSR count). The van der Waals surface area contributed by atoms with E-state index in [1.54, 1.807) is 31.2 Å². The monoisotopic (exact) mass is 241 g/mol. The highest BCUT2D eigenvalue weighted by Gasteiger charge is 2.12. The van der Waals surface area contributed by atoms with Crippen LogP contribution in [0, 0.1) is 29.6 Å². The molecule has 0 fully saturated rings. The van der Waals surface area contributed by atoms with E-state index in [2.05, 4.69) is 5.32 Å². The number of nitrogens with one attached hydrogen (secondary N) is 1. The molecule has 18 heavy (non-hydrogen) atoms. The van der Waals surface area contributed by atoms with Crippen LogP contribution in [0.2, 0.25) is 0 Å². The van der Waals surface area contributed by atoms with Crippen LogP contribution >= 0.6 is 0 Å². The summed E-state index contributed by atoms with van der Waals surface area (Å²) in [7, 11) is 0. The highest BCUT2D eigenvalue weighted by Crippen LogP contribution is 2.15. The van der Waals surface area contributed by atoms with E-state index in [0.29, 0.717) is 11.3 Å². The van der Waals surface area contributed by atoms with Crippen molar-refractivity contribution < 1.29 is 9.90 Å². The number of amides is 1. The number of aliphatic hydroxyl groups is 1. The van der Waals surface area contributed by atoms with Gasteiger partial charge in [-0.3, -0.25) is 4.79 Å². The first-order chi connectivity index (χ1) is 8.49. The normalized spacial score (nSPS) is 10.9. The Kier molecular flexibility index (Phi) is 4.07. The van der Waals surface area contributed by atoms with Gasteiger partial charge in [0.05, 0.1) is 11.6 Å². The van der Waals surface area contributed by atoms with Crippen LogP contribution in [0.15, 0.2) is 29.5 Å². The smallest absolute Gasteiger partial charge is 0.269 e. The summed E-state index contributed by atoms with van der Waals surface area (Å²) in [5.41, 5.74) is 1.36. The second-order valence-electron chi connectivity index (χ2n) is 3.67. The number of benzene rings is 1. The molecule has 0 unspecified atom stereocenters. The molecule has 0 radical (unpaired) electrons. The van der Waals surface area contributed by atoms with E-state index < -0.39 is 5.91 Å². The Balaban J connectivity index is 2.98. The van der Waals surface area contributed by atoms with Crippen molar-refractivity contribution >= 4 is 11.6 Å². The van der Waals surface area contributed by atoms with Gasteiger partial charge in [-0.15, -0.1) is 0 Å². The summed E-state index contributed by atoms with van der Waals surface area (Å²) >= 11 is 0. The molecule has 0 heterocycles. The van der Waals surface area contributed by atoms with Gasteiger partial charge in [-0.05, 0) is 37.6 Å². The number of anilines is 1. The Bertz CT molecular complexity index is 600. The number of rotatable bonds is 2. The summed E-state index contributed by atoms with van der Waals surface area (Å²) in [5, 5.41) is 29.1. The largest absolute Gasteiger partial charge is 0.511 e. The molecule has 5 nitrogen and oxygen atoms in total. The Morgan fingerprint density at radius 3 is 2.50 bits per heavy atom. The zero-order valence-corrected chi connectivity index (χ0v) is 9.98. The topological polar surface area (TPSA) is 96.9 Å². The van der Waals surface area contributed by atoms with Gasteiger partial charge in [0.2, 0.25) is 0 Å². The highest BCUT2D eigenvalue weighted by molar-refractivity contribution is 6.06. The molecule has 0 saturated heterocycles. The van der Waals surface area contributed by atoms with E-state index in [0.717, 1.165) is 5.56 Å². The van der Waals surface area contributed by atoms with Crippen LogP contribution in [0.5, 0.6) is 0 Å². The van der Waals surface area contributed by atoms with Gasteiger partial charge in [0.15, 0.2) is 5.57 Å². The lowest BCUT2D eigenvalue weighted by atomic mass is 10.1. The lowest BCUT2D eigenvalue weighted by Gasteiger charge is -2.06. The molecule has 1 amide bonds. The van der Waals surface area contributed by atoms with Crippen molar-refractivity contribution in [1.29, 1.82) is 10.5 Å². The Labute approximate surface area is 105 Å². The maximum absolute atomic E-state index is 11.6. The van der Waals surface area contributed by atoms with Crippen LogP contribution in [0.1, 0.15) is 18.1 Å². The molecule has 0 spiro atoms. The molecule has 0 aliphatic rings. The number of carbonyl (C=O) groups excluding carboxylic acids is 1. The molecule has 0 atom stereocenters. The van der Waals surface area contributed by atoms with Crippen molar-refractivity contribution in [1.82, 2.24) is 0 Å². The van der Waals surface area contributed by atoms with Gasteiger partial charge in [-0.1, -0.05) is 0 Å². The number of hydrogen-bond donors (Lipinski definition) is 2. The minimum Gasteiger partial charge on any atom is -0.511 e. The molecule has 0 bridgehead atoms. The van der Waals surface area contributed by atoms with Gasteiger partial charge in [0.25, 0.3) is 5.91 Å². The third-order valence-corrected chi connectivity index (χ3v) is 2.31. The number of nitrogens with zero attached hydrogens (tertiary/aromatic N) is 2. The minimum absolute atomic E-state index is 0.333. The van der Waals surface area contributed by atoms with Gasteiger partial charge < -0.3 is 10.4 Å². The standard InChI is InChI=1S/C13H11N3O2/c1-8-5-11(4-3-10(8)6-14)16-13(18)12(7-15)9(2)17/h3-5,17H,1-2H3,(H,16,18)/b12-9-. The number of carbonyl (C=O) groups is 1. The van der Waals surface area contributed by atoms with Crippen LogP contribution in [0.4, 0.5) is 5.69 Å². The SMILES string of the molecule is C/C(O)=C(\C#N)C(=O)Nc1ccc(C#N)c(C)c1. The predicted octanol–water partition coefficient (Wildman–Crippen LogP) is 2.16. The fraction of sp³-hybridized carbons (Fsp3) is 0.154. The van der Waals surface area contributed by atoms with Gasteiger partial charge in [0.1, 0.15) is 11.8 Å². The van der Waals surface area contributed by atoms with Crippen molar-refractivity contribution in [2.24, 2.45) is 0 Å². The van der Waals surface area contributed by atoms with Crippen molar-refractivity contribution in [3.8, 4) is 12.1 Å². The molecule has 1 aromatic rings. The van der Waals surface area contributed by atoms with Crippen molar-refractivity contribution in [3.63, 3.8) is 0 Å². The van der Waals surface area contributed by atoms with Crippen molar-refractivity contribution in [2.45, 2.75) is 13.8 Å². The Morgan fingerprint density at radius 1 is 1.39 bits per heavy atom. The third-order valence-electron chi connectivity index (χ3n) is 2.31. The van der Waals surface area contributed by atoms with Crippen LogP contribution in [-0.4, -0.2) is 11.0 Å². The van der Waals surface area contributed by atoms with Gasteiger partial charge in [0, 0.05) is 5.69 Å². The van der Waals surface area contributed by atoms with Crippen LogP contribution < -0.4 is 5.32 Å². The van der Waals surface area contributed by atoms with Crippen molar-refractivity contribution in [2.75, 3.05) is 5.32 Å². The first-order valence-corrected chi connectivity index (χ1v) is 5.11. The number of allylic oxidation sites excluding steroid dienone is 1. The first-order valence-electron chi connectivity index (χ1n) is 5.11. The number of aryl methyl sites for hydroxylation is 1. The maximum Gasteiger partial charge on any atom is 0.269 e. The lowest BCUT2D eigenvalue weighted by molar-refractivity contribution is -0.112. The molecule has 0 aliphatic carbocycles. The molecular weight excluding hydrogens is 230 g/mol. The van der Waals surface area contributed by atoms with Gasteiger partial charge in [-0.25, -0.2) is 0 Å². The summed E-state index contributed by atoms with van der Waals surface area (Å²) in [6, 6.07) is 8.40. The summed E-state index contributed by atoms with van der Waals surface area (Å²) < 4.78 is 0. The summed E-state index contributed by atoms with van der Waals surface area (Å²) in [5.74, 6) is -1.01. The van der Waals surface area contributed by atoms with E-state index >= 15 is 0 Å². The Morgan fingerprint density at radius 2 is 2.06 bits per heavy atom. The third kappa shape index (κ3) is 2.87. The molecular formula is C13H11N3O2. The lowest BCUT2D eigenvalue weighted by Crippen LogP contribution is -2.15. The fourth-order valence-corrected chi connectivity index (χ4v) is 1.36. The zero-order chi connectivity index (χ0) is 13.7. The molecule has 0 saturated carbocycles. The second-order valence-corrected chi connectivity index (χ2v) is 3.67. The molecule has 90 valence electrons. The highest BCUT2D eigenvalue weighted by atomic mass is 16.3. The molecule has 5 heteroatoms.